The van der Waals surface area contributed by atoms with Crippen LogP contribution in [0.15, 0.2) is 36.4 Å². The number of nitriles is 1. The fourth-order valence-corrected chi connectivity index (χ4v) is 3.29. The topological polar surface area (TPSA) is 52.0 Å². The number of hydrogen-bond acceptors (Lipinski definition) is 3. The van der Waals surface area contributed by atoms with E-state index in [1.807, 2.05) is 38.1 Å². The van der Waals surface area contributed by atoms with E-state index < -0.39 is 0 Å². The number of halogens is 1. The van der Waals surface area contributed by atoms with E-state index in [9.17, 15) is 4.39 Å². The van der Waals surface area contributed by atoms with Crippen LogP contribution in [0, 0.1) is 24.1 Å². The molecule has 0 aliphatic carbocycles. The highest BCUT2D eigenvalue weighted by Crippen LogP contribution is 2.36. The maximum absolute atomic E-state index is 14.5. The number of anilines is 2. The monoisotopic (exact) mass is 365 g/mol. The molecule has 2 aromatic carbocycles. The van der Waals surface area contributed by atoms with Gasteiger partial charge in [-0.3, -0.25) is 0 Å². The van der Waals surface area contributed by atoms with Crippen LogP contribution in [0.3, 0.4) is 0 Å². The number of benzene rings is 2. The Balaban J connectivity index is 2.06. The Kier molecular flexibility index (Phi) is 5.36. The smallest absolute Gasteiger partial charge is 0.167 e. The second-order valence-corrected chi connectivity index (χ2v) is 6.90. The summed E-state index contributed by atoms with van der Waals surface area (Å²) >= 11 is 0. The number of aryl methyl sites for hydroxylation is 1. The zero-order chi connectivity index (χ0) is 19.6. The lowest BCUT2D eigenvalue weighted by molar-refractivity contribution is 0.301. The molecule has 0 radical (unpaired) electrons. The first-order valence-electron chi connectivity index (χ1n) is 9.20. The van der Waals surface area contributed by atoms with Crippen LogP contribution in [0.2, 0.25) is 0 Å². The highest BCUT2D eigenvalue weighted by atomic mass is 19.1. The standard InChI is InChI=1S/C22H24FN3O/c1-5-10-27-21-9-7-17(12-19(21)23)26(14(2)3)22-15(4)18-8-6-16(13-24)11-20(18)25-22/h6-9,11-12,14,25H,5,10H2,1-4H3. The van der Waals surface area contributed by atoms with Crippen molar-refractivity contribution in [2.75, 3.05) is 11.5 Å². The van der Waals surface area contributed by atoms with E-state index in [4.69, 9.17) is 10.00 Å². The van der Waals surface area contributed by atoms with Gasteiger partial charge in [-0.05, 0) is 57.0 Å². The molecule has 0 saturated heterocycles. The van der Waals surface area contributed by atoms with Crippen molar-refractivity contribution in [1.29, 1.82) is 5.26 Å². The molecule has 3 aromatic rings. The molecule has 0 aliphatic heterocycles. The van der Waals surface area contributed by atoms with Gasteiger partial charge < -0.3 is 14.6 Å². The summed E-state index contributed by atoms with van der Waals surface area (Å²) in [6, 6.07) is 12.9. The van der Waals surface area contributed by atoms with Gasteiger partial charge in [-0.25, -0.2) is 4.39 Å². The minimum Gasteiger partial charge on any atom is -0.491 e. The minimum absolute atomic E-state index is 0.106. The fraction of sp³-hybridized carbons (Fsp3) is 0.318. The first-order chi connectivity index (χ1) is 13.0. The number of hydrogen-bond donors (Lipinski definition) is 1. The number of nitrogens with zero attached hydrogens (tertiary/aromatic N) is 2. The summed E-state index contributed by atoms with van der Waals surface area (Å²) in [4.78, 5) is 5.47. The summed E-state index contributed by atoms with van der Waals surface area (Å²) in [6.07, 6.45) is 0.832. The number of rotatable bonds is 6. The molecule has 0 bridgehead atoms. The second-order valence-electron chi connectivity index (χ2n) is 6.90. The maximum Gasteiger partial charge on any atom is 0.167 e. The molecule has 3 rings (SSSR count). The third kappa shape index (κ3) is 3.61. The Labute approximate surface area is 159 Å². The normalized spacial score (nSPS) is 11.0. The lowest BCUT2D eigenvalue weighted by Gasteiger charge is -2.29. The third-order valence-electron chi connectivity index (χ3n) is 4.57. The van der Waals surface area contributed by atoms with E-state index in [2.05, 4.69) is 29.8 Å². The molecule has 0 spiro atoms. The minimum atomic E-state index is -0.368. The highest BCUT2D eigenvalue weighted by Gasteiger charge is 2.20. The molecule has 27 heavy (non-hydrogen) atoms. The van der Waals surface area contributed by atoms with Gasteiger partial charge in [0.1, 0.15) is 5.82 Å². The van der Waals surface area contributed by atoms with E-state index in [1.54, 1.807) is 6.07 Å². The Morgan fingerprint density at radius 2 is 2.00 bits per heavy atom. The Morgan fingerprint density at radius 1 is 1.22 bits per heavy atom. The molecular weight excluding hydrogens is 341 g/mol. The summed E-state index contributed by atoms with van der Waals surface area (Å²) in [6.45, 7) is 8.64. The van der Waals surface area contributed by atoms with Crippen LogP contribution in [-0.4, -0.2) is 17.6 Å². The molecule has 1 N–H and O–H groups in total. The Morgan fingerprint density at radius 3 is 2.63 bits per heavy atom. The molecule has 0 fully saturated rings. The van der Waals surface area contributed by atoms with Gasteiger partial charge in [-0.2, -0.15) is 5.26 Å². The van der Waals surface area contributed by atoms with Crippen molar-refractivity contribution in [2.24, 2.45) is 0 Å². The largest absolute Gasteiger partial charge is 0.491 e. The van der Waals surface area contributed by atoms with Crippen LogP contribution in [0.5, 0.6) is 5.75 Å². The molecule has 5 heteroatoms. The molecule has 0 atom stereocenters. The van der Waals surface area contributed by atoms with E-state index in [-0.39, 0.29) is 17.6 Å². The first kappa shape index (κ1) is 18.8. The van der Waals surface area contributed by atoms with Crippen LogP contribution in [0.4, 0.5) is 15.9 Å². The zero-order valence-corrected chi connectivity index (χ0v) is 16.1. The summed E-state index contributed by atoms with van der Waals surface area (Å²) in [5.74, 6) is 0.806. The number of aromatic amines is 1. The summed E-state index contributed by atoms with van der Waals surface area (Å²) in [7, 11) is 0. The molecule has 0 aliphatic rings. The number of H-pyrrole nitrogens is 1. The van der Waals surface area contributed by atoms with Crippen molar-refractivity contribution in [2.45, 2.75) is 40.2 Å². The molecule has 0 unspecified atom stereocenters. The van der Waals surface area contributed by atoms with Crippen LogP contribution in [0.1, 0.15) is 38.3 Å². The lowest BCUT2D eigenvalue weighted by atomic mass is 10.1. The van der Waals surface area contributed by atoms with Crippen LogP contribution in [-0.2, 0) is 0 Å². The number of nitrogens with one attached hydrogen (secondary N) is 1. The van der Waals surface area contributed by atoms with Gasteiger partial charge in [0.25, 0.3) is 0 Å². The van der Waals surface area contributed by atoms with E-state index in [1.165, 1.54) is 6.07 Å². The summed E-state index contributed by atoms with van der Waals surface area (Å²) < 4.78 is 20.0. The van der Waals surface area contributed by atoms with E-state index >= 15 is 0 Å². The number of aromatic nitrogens is 1. The molecule has 0 amide bonds. The van der Waals surface area contributed by atoms with Crippen molar-refractivity contribution >= 4 is 22.4 Å². The number of fused-ring (bicyclic) bond motifs is 1. The van der Waals surface area contributed by atoms with E-state index in [0.717, 1.165) is 34.4 Å². The fourth-order valence-electron chi connectivity index (χ4n) is 3.29. The molecule has 4 nitrogen and oxygen atoms in total. The van der Waals surface area contributed by atoms with Crippen molar-refractivity contribution in [3.8, 4) is 11.8 Å². The quantitative estimate of drug-likeness (QED) is 0.598. The van der Waals surface area contributed by atoms with Crippen molar-refractivity contribution in [3.63, 3.8) is 0 Å². The SMILES string of the molecule is CCCOc1ccc(N(c2[nH]c3cc(C#N)ccc3c2C)C(C)C)cc1F. The predicted octanol–water partition coefficient (Wildman–Crippen LogP) is 5.82. The van der Waals surface area contributed by atoms with Crippen molar-refractivity contribution < 1.29 is 9.13 Å². The molecule has 1 heterocycles. The molecule has 1 aromatic heterocycles. The van der Waals surface area contributed by atoms with Gasteiger partial charge in [0.15, 0.2) is 11.6 Å². The van der Waals surface area contributed by atoms with Crippen LogP contribution < -0.4 is 9.64 Å². The van der Waals surface area contributed by atoms with Gasteiger partial charge in [0, 0.05) is 28.7 Å². The Hall–Kier alpha value is -3.00. The molecular formula is C22H24FN3O. The predicted molar refractivity (Wildman–Crippen MR) is 107 cm³/mol. The summed E-state index contributed by atoms with van der Waals surface area (Å²) in [5.41, 5.74) is 3.32. The average molecular weight is 365 g/mol. The first-order valence-corrected chi connectivity index (χ1v) is 9.20. The highest BCUT2D eigenvalue weighted by molar-refractivity contribution is 5.91. The van der Waals surface area contributed by atoms with Gasteiger partial charge in [0.05, 0.1) is 18.2 Å². The third-order valence-corrected chi connectivity index (χ3v) is 4.57. The number of ether oxygens (including phenoxy) is 1. The van der Waals surface area contributed by atoms with Gasteiger partial charge in [0.2, 0.25) is 0 Å². The van der Waals surface area contributed by atoms with E-state index in [0.29, 0.717) is 12.2 Å². The van der Waals surface area contributed by atoms with Gasteiger partial charge in [-0.15, -0.1) is 0 Å². The van der Waals surface area contributed by atoms with Gasteiger partial charge in [-0.1, -0.05) is 13.0 Å². The van der Waals surface area contributed by atoms with Crippen molar-refractivity contribution in [3.05, 3.63) is 53.3 Å². The maximum atomic E-state index is 14.5. The zero-order valence-electron chi connectivity index (χ0n) is 16.1. The molecule has 140 valence electrons. The van der Waals surface area contributed by atoms with Gasteiger partial charge >= 0.3 is 0 Å². The Bertz CT molecular complexity index is 1000. The average Bonchev–Trinajstić information content (AvgIpc) is 2.96. The molecule has 0 saturated carbocycles. The van der Waals surface area contributed by atoms with Crippen LogP contribution >= 0.6 is 0 Å². The second kappa shape index (κ2) is 7.71. The lowest BCUT2D eigenvalue weighted by Crippen LogP contribution is -2.26. The van der Waals surface area contributed by atoms with Crippen LogP contribution in [0.25, 0.3) is 10.9 Å². The summed E-state index contributed by atoms with van der Waals surface area (Å²) in [5, 5.41) is 10.2. The van der Waals surface area contributed by atoms with Crippen molar-refractivity contribution in [1.82, 2.24) is 4.98 Å².